The third-order valence-electron chi connectivity index (χ3n) is 4.08. The molecule has 2 aromatic rings. The highest BCUT2D eigenvalue weighted by molar-refractivity contribution is 7.99. The van der Waals surface area contributed by atoms with Crippen molar-refractivity contribution in [3.8, 4) is 0 Å². The molecular weight excluding hydrogens is 310 g/mol. The Balaban J connectivity index is 1.75. The number of nitrogens with one attached hydrogen (secondary N) is 1. The van der Waals surface area contributed by atoms with Crippen molar-refractivity contribution in [1.82, 2.24) is 24.9 Å². The Hall–Kier alpha value is -1.63. The molecule has 0 atom stereocenters. The average Bonchev–Trinajstić information content (AvgIpc) is 3.22. The van der Waals surface area contributed by atoms with Crippen molar-refractivity contribution >= 4 is 23.4 Å². The van der Waals surface area contributed by atoms with Crippen molar-refractivity contribution in [2.75, 3.05) is 5.75 Å². The smallest absolute Gasteiger partial charge is 0.253 e. The van der Waals surface area contributed by atoms with Gasteiger partial charge in [-0.15, -0.1) is 5.10 Å². The van der Waals surface area contributed by atoms with Crippen molar-refractivity contribution in [3.63, 3.8) is 0 Å². The number of aromatic nitrogens is 4. The molecular formula is C16H23N5OS. The van der Waals surface area contributed by atoms with Crippen LogP contribution < -0.4 is 5.32 Å². The fourth-order valence-electron chi connectivity index (χ4n) is 2.59. The molecule has 0 unspecified atom stereocenters. The second kappa shape index (κ2) is 6.86. The molecule has 1 N–H and O–H groups in total. The van der Waals surface area contributed by atoms with E-state index in [9.17, 15) is 4.79 Å². The summed E-state index contributed by atoms with van der Waals surface area (Å²) in [6.07, 6.45) is 5.53. The van der Waals surface area contributed by atoms with Crippen LogP contribution in [0.4, 0.5) is 0 Å². The first-order valence-corrected chi connectivity index (χ1v) is 9.22. The number of unbranched alkanes of at least 4 members (excludes halogenated alkanes) is 1. The molecule has 2 aromatic heterocycles. The predicted octanol–water partition coefficient (Wildman–Crippen LogP) is 2.45. The zero-order chi connectivity index (χ0) is 16.4. The Labute approximate surface area is 140 Å². The first kappa shape index (κ1) is 16.2. The number of rotatable bonds is 7. The van der Waals surface area contributed by atoms with Crippen LogP contribution in [0.25, 0.3) is 5.78 Å². The molecule has 0 bridgehead atoms. The number of hydrogen-bond donors (Lipinski definition) is 1. The normalized spacial score (nSPS) is 14.4. The van der Waals surface area contributed by atoms with Gasteiger partial charge in [-0.3, -0.25) is 4.79 Å². The Kier molecular flexibility index (Phi) is 4.84. The Morgan fingerprint density at radius 2 is 2.13 bits per heavy atom. The second-order valence-corrected chi connectivity index (χ2v) is 7.04. The van der Waals surface area contributed by atoms with Crippen LogP contribution in [0.5, 0.6) is 0 Å². The summed E-state index contributed by atoms with van der Waals surface area (Å²) in [5.74, 6) is 1.03. The molecule has 0 aliphatic heterocycles. The molecule has 23 heavy (non-hydrogen) atoms. The number of fused-ring (bicyclic) bond motifs is 1. The van der Waals surface area contributed by atoms with E-state index in [0.29, 0.717) is 22.7 Å². The molecule has 124 valence electrons. The largest absolute Gasteiger partial charge is 0.353 e. The molecule has 6 nitrogen and oxygen atoms in total. The summed E-state index contributed by atoms with van der Waals surface area (Å²) in [5, 5.41) is 8.10. The van der Waals surface area contributed by atoms with Crippen molar-refractivity contribution in [2.45, 2.75) is 64.1 Å². The van der Waals surface area contributed by atoms with Gasteiger partial charge in [0.05, 0.1) is 5.75 Å². The molecule has 3 rings (SSSR count). The summed E-state index contributed by atoms with van der Waals surface area (Å²) in [5.41, 5.74) is 3.38. The van der Waals surface area contributed by atoms with E-state index >= 15 is 0 Å². The maximum Gasteiger partial charge on any atom is 0.253 e. The van der Waals surface area contributed by atoms with E-state index in [1.54, 1.807) is 4.52 Å². The Morgan fingerprint density at radius 1 is 1.35 bits per heavy atom. The predicted molar refractivity (Wildman–Crippen MR) is 90.8 cm³/mol. The van der Waals surface area contributed by atoms with Crippen LogP contribution in [-0.2, 0) is 11.2 Å². The summed E-state index contributed by atoms with van der Waals surface area (Å²) < 4.78 is 1.80. The van der Waals surface area contributed by atoms with E-state index in [1.807, 2.05) is 6.92 Å². The lowest BCUT2D eigenvalue weighted by molar-refractivity contribution is -0.118. The molecule has 1 saturated carbocycles. The highest BCUT2D eigenvalue weighted by Gasteiger charge is 2.23. The molecule has 0 aromatic carbocycles. The first-order valence-electron chi connectivity index (χ1n) is 8.23. The van der Waals surface area contributed by atoms with E-state index in [1.165, 1.54) is 17.3 Å². The summed E-state index contributed by atoms with van der Waals surface area (Å²) in [4.78, 5) is 20.8. The van der Waals surface area contributed by atoms with Gasteiger partial charge in [0.2, 0.25) is 11.1 Å². The van der Waals surface area contributed by atoms with Gasteiger partial charge in [-0.25, -0.2) is 9.50 Å². The van der Waals surface area contributed by atoms with E-state index in [-0.39, 0.29) is 5.91 Å². The molecule has 7 heteroatoms. The summed E-state index contributed by atoms with van der Waals surface area (Å²) in [6, 6.07) is 0.393. The van der Waals surface area contributed by atoms with Gasteiger partial charge < -0.3 is 5.32 Å². The first-order chi connectivity index (χ1) is 11.1. The molecule has 0 spiro atoms. The Morgan fingerprint density at radius 3 is 2.83 bits per heavy atom. The average molecular weight is 333 g/mol. The van der Waals surface area contributed by atoms with Crippen LogP contribution in [0.3, 0.4) is 0 Å². The van der Waals surface area contributed by atoms with Gasteiger partial charge in [-0.2, -0.15) is 4.98 Å². The topological polar surface area (TPSA) is 72.2 Å². The van der Waals surface area contributed by atoms with Crippen LogP contribution in [0.15, 0.2) is 5.16 Å². The Bertz CT molecular complexity index is 723. The number of aryl methyl sites for hydroxylation is 2. The maximum atomic E-state index is 11.8. The second-order valence-electron chi connectivity index (χ2n) is 6.10. The van der Waals surface area contributed by atoms with E-state index in [0.717, 1.165) is 43.5 Å². The number of nitrogens with zero attached hydrogens (tertiary/aromatic N) is 4. The van der Waals surface area contributed by atoms with Gasteiger partial charge in [0.25, 0.3) is 5.78 Å². The molecule has 0 radical (unpaired) electrons. The van der Waals surface area contributed by atoms with E-state index in [4.69, 9.17) is 0 Å². The van der Waals surface area contributed by atoms with Crippen molar-refractivity contribution < 1.29 is 4.79 Å². The van der Waals surface area contributed by atoms with E-state index < -0.39 is 0 Å². The highest BCUT2D eigenvalue weighted by Crippen LogP contribution is 2.21. The van der Waals surface area contributed by atoms with Crippen LogP contribution in [0, 0.1) is 13.8 Å². The zero-order valence-corrected chi connectivity index (χ0v) is 14.7. The molecule has 1 aliphatic rings. The van der Waals surface area contributed by atoms with Crippen molar-refractivity contribution in [2.24, 2.45) is 0 Å². The summed E-state index contributed by atoms with van der Waals surface area (Å²) in [7, 11) is 0. The lowest BCUT2D eigenvalue weighted by Crippen LogP contribution is -2.27. The monoisotopic (exact) mass is 333 g/mol. The number of amides is 1. The van der Waals surface area contributed by atoms with E-state index in [2.05, 4.69) is 34.2 Å². The molecule has 1 amide bonds. The number of carbonyl (C=O) groups excluding carboxylic acids is 1. The lowest BCUT2D eigenvalue weighted by Gasteiger charge is -2.09. The minimum Gasteiger partial charge on any atom is -0.353 e. The van der Waals surface area contributed by atoms with Gasteiger partial charge in [0, 0.05) is 17.4 Å². The molecule has 0 saturated heterocycles. The SMILES string of the molecule is CCCCc1c(C)nc2nc(SCC(=O)NC3CC3)nn2c1C. The van der Waals surface area contributed by atoms with Gasteiger partial charge in [0.1, 0.15) is 0 Å². The fourth-order valence-corrected chi connectivity index (χ4v) is 3.22. The highest BCUT2D eigenvalue weighted by atomic mass is 32.2. The van der Waals surface area contributed by atoms with Crippen molar-refractivity contribution in [3.05, 3.63) is 17.0 Å². The quantitative estimate of drug-likeness (QED) is 0.788. The maximum absolute atomic E-state index is 11.8. The third kappa shape index (κ3) is 3.83. The number of thioether (sulfide) groups is 1. The molecule has 1 fully saturated rings. The van der Waals surface area contributed by atoms with Crippen molar-refractivity contribution in [1.29, 1.82) is 0 Å². The van der Waals surface area contributed by atoms with Gasteiger partial charge in [0.15, 0.2) is 0 Å². The molecule has 1 aliphatic carbocycles. The third-order valence-corrected chi connectivity index (χ3v) is 4.92. The summed E-state index contributed by atoms with van der Waals surface area (Å²) in [6.45, 7) is 6.28. The van der Waals surface area contributed by atoms with Gasteiger partial charge >= 0.3 is 0 Å². The minimum absolute atomic E-state index is 0.0563. The van der Waals surface area contributed by atoms with Gasteiger partial charge in [-0.1, -0.05) is 25.1 Å². The number of carbonyl (C=O) groups is 1. The zero-order valence-electron chi connectivity index (χ0n) is 13.9. The molecule has 2 heterocycles. The fraction of sp³-hybridized carbons (Fsp3) is 0.625. The van der Waals surface area contributed by atoms with Crippen LogP contribution in [-0.4, -0.2) is 37.3 Å². The number of hydrogen-bond acceptors (Lipinski definition) is 5. The standard InChI is InChI=1S/C16H23N5OS/c1-4-5-6-13-10(2)17-15-19-16(20-21(15)11(13)3)23-9-14(22)18-12-7-8-12/h12H,4-9H2,1-3H3,(H,18,22). The summed E-state index contributed by atoms with van der Waals surface area (Å²) >= 11 is 1.37. The van der Waals surface area contributed by atoms with Crippen LogP contribution in [0.2, 0.25) is 0 Å². The lowest BCUT2D eigenvalue weighted by atomic mass is 10.1. The van der Waals surface area contributed by atoms with Crippen LogP contribution in [0.1, 0.15) is 49.6 Å². The minimum atomic E-state index is 0.0563. The van der Waals surface area contributed by atoms with Gasteiger partial charge in [-0.05, 0) is 45.1 Å². The van der Waals surface area contributed by atoms with Crippen LogP contribution >= 0.6 is 11.8 Å².